The van der Waals surface area contributed by atoms with Crippen molar-refractivity contribution in [3.05, 3.63) is 98.2 Å². The van der Waals surface area contributed by atoms with Crippen LogP contribution in [0.4, 0.5) is 16.2 Å². The zero-order chi connectivity index (χ0) is 25.1. The van der Waals surface area contributed by atoms with E-state index in [4.69, 9.17) is 0 Å². The molecule has 3 aromatic rings. The topological polar surface area (TPSA) is 115 Å². The van der Waals surface area contributed by atoms with Crippen molar-refractivity contribution >= 4 is 46.3 Å². The molecular formula is C25H22N4O5S. The quantitative estimate of drug-likeness (QED) is 0.291. The van der Waals surface area contributed by atoms with Crippen LogP contribution in [0.15, 0.2) is 65.7 Å². The molecule has 10 heteroatoms. The number of benzene rings is 2. The maximum absolute atomic E-state index is 12.9. The number of carbonyl (C=O) groups excluding carboxylic acids is 3. The summed E-state index contributed by atoms with van der Waals surface area (Å²) < 4.78 is 1.75. The summed E-state index contributed by atoms with van der Waals surface area (Å²) in [5, 5.41) is 13.6. The Kier molecular flexibility index (Phi) is 6.83. The Labute approximate surface area is 205 Å². The van der Waals surface area contributed by atoms with Crippen LogP contribution in [-0.4, -0.2) is 38.0 Å². The molecule has 178 valence electrons. The van der Waals surface area contributed by atoms with Crippen LogP contribution in [0.5, 0.6) is 0 Å². The molecule has 9 nitrogen and oxygen atoms in total. The van der Waals surface area contributed by atoms with Crippen LogP contribution in [0.2, 0.25) is 0 Å². The first-order chi connectivity index (χ1) is 16.7. The molecule has 35 heavy (non-hydrogen) atoms. The fraction of sp³-hybridized carbons (Fsp3) is 0.160. The third-order valence-electron chi connectivity index (χ3n) is 5.59. The first-order valence-corrected chi connectivity index (χ1v) is 11.5. The average molecular weight is 491 g/mol. The molecule has 0 aliphatic carbocycles. The van der Waals surface area contributed by atoms with Gasteiger partial charge in [-0.15, -0.1) is 0 Å². The number of imide groups is 1. The first kappa shape index (κ1) is 24.0. The van der Waals surface area contributed by atoms with Crippen molar-refractivity contribution in [2.75, 3.05) is 11.9 Å². The second-order valence-corrected chi connectivity index (χ2v) is 9.02. The second kappa shape index (κ2) is 9.98. The van der Waals surface area contributed by atoms with E-state index in [-0.39, 0.29) is 17.1 Å². The highest BCUT2D eigenvalue weighted by Crippen LogP contribution is 2.32. The van der Waals surface area contributed by atoms with E-state index in [0.29, 0.717) is 16.9 Å². The summed E-state index contributed by atoms with van der Waals surface area (Å²) in [5.41, 5.74) is 3.54. The van der Waals surface area contributed by atoms with E-state index in [1.807, 2.05) is 32.0 Å². The van der Waals surface area contributed by atoms with Crippen molar-refractivity contribution in [1.29, 1.82) is 0 Å². The van der Waals surface area contributed by atoms with Gasteiger partial charge in [-0.2, -0.15) is 0 Å². The fourth-order valence-corrected chi connectivity index (χ4v) is 4.64. The van der Waals surface area contributed by atoms with Crippen molar-refractivity contribution in [1.82, 2.24) is 9.47 Å². The lowest BCUT2D eigenvalue weighted by Crippen LogP contribution is -2.36. The minimum Gasteiger partial charge on any atom is -0.343 e. The van der Waals surface area contributed by atoms with Gasteiger partial charge in [0.1, 0.15) is 6.54 Å². The molecule has 0 radical (unpaired) electrons. The highest BCUT2D eigenvalue weighted by atomic mass is 32.2. The molecule has 0 unspecified atom stereocenters. The number of nitro benzene ring substituents is 1. The standard InChI is InChI=1S/C25H22N4O5S/c1-16-7-5-8-17(2)23(16)26-22(30)15-28-24(31)21(35-25(28)32)13-19-10-6-12-27(19)14-18-9-3-4-11-20(18)29(33)34/h3-13H,14-15H2,1-2H3,(H,26,30)/b21-13+. The van der Waals surface area contributed by atoms with Crippen LogP contribution in [0, 0.1) is 24.0 Å². The Morgan fingerprint density at radius 2 is 1.77 bits per heavy atom. The number of nitrogens with zero attached hydrogens (tertiary/aromatic N) is 3. The number of anilines is 1. The molecule has 0 atom stereocenters. The summed E-state index contributed by atoms with van der Waals surface area (Å²) in [6.45, 7) is 3.56. The van der Waals surface area contributed by atoms with Crippen LogP contribution in [-0.2, 0) is 16.1 Å². The van der Waals surface area contributed by atoms with E-state index in [0.717, 1.165) is 27.8 Å². The Bertz CT molecular complexity index is 1360. The molecule has 3 amide bonds. The highest BCUT2D eigenvalue weighted by molar-refractivity contribution is 8.18. The summed E-state index contributed by atoms with van der Waals surface area (Å²) in [7, 11) is 0. The van der Waals surface area contributed by atoms with E-state index in [2.05, 4.69) is 5.32 Å². The number of hydrogen-bond donors (Lipinski definition) is 1. The van der Waals surface area contributed by atoms with E-state index in [1.165, 1.54) is 6.07 Å². The van der Waals surface area contributed by atoms with Crippen molar-refractivity contribution in [3.63, 3.8) is 0 Å². The molecule has 1 saturated heterocycles. The largest absolute Gasteiger partial charge is 0.343 e. The minimum atomic E-state index is -0.560. The number of aryl methyl sites for hydroxylation is 2. The van der Waals surface area contributed by atoms with E-state index in [1.54, 1.807) is 47.2 Å². The first-order valence-electron chi connectivity index (χ1n) is 10.7. The van der Waals surface area contributed by atoms with Crippen molar-refractivity contribution < 1.29 is 19.3 Å². The van der Waals surface area contributed by atoms with E-state index >= 15 is 0 Å². The van der Waals surface area contributed by atoms with Gasteiger partial charge in [-0.1, -0.05) is 36.4 Å². The summed E-state index contributed by atoms with van der Waals surface area (Å²) in [6.07, 6.45) is 3.30. The lowest BCUT2D eigenvalue weighted by atomic mass is 10.1. The third-order valence-corrected chi connectivity index (χ3v) is 6.50. The van der Waals surface area contributed by atoms with Gasteiger partial charge >= 0.3 is 0 Å². The number of aromatic nitrogens is 1. The Hall–Kier alpha value is -4.18. The van der Waals surface area contributed by atoms with Gasteiger partial charge in [-0.25, -0.2) is 0 Å². The minimum absolute atomic E-state index is 0.00220. The summed E-state index contributed by atoms with van der Waals surface area (Å²) in [4.78, 5) is 50.0. The molecule has 0 saturated carbocycles. The van der Waals surface area contributed by atoms with E-state index < -0.39 is 28.5 Å². The monoisotopic (exact) mass is 490 g/mol. The van der Waals surface area contributed by atoms with Crippen molar-refractivity contribution in [2.24, 2.45) is 0 Å². The molecule has 1 fully saturated rings. The summed E-state index contributed by atoms with van der Waals surface area (Å²) >= 11 is 0.755. The molecule has 1 N–H and O–H groups in total. The predicted molar refractivity (Wildman–Crippen MR) is 134 cm³/mol. The number of amides is 3. The number of carbonyl (C=O) groups is 3. The second-order valence-electron chi connectivity index (χ2n) is 8.03. The van der Waals surface area contributed by atoms with Gasteiger partial charge in [0.2, 0.25) is 5.91 Å². The van der Waals surface area contributed by atoms with Crippen molar-refractivity contribution in [3.8, 4) is 0 Å². The molecule has 0 bridgehead atoms. The number of para-hydroxylation sites is 2. The summed E-state index contributed by atoms with van der Waals surface area (Å²) in [5.74, 6) is -1.03. The SMILES string of the molecule is Cc1cccc(C)c1NC(=O)CN1C(=O)S/C(=C/c2cccn2Cc2ccccc2[N+](=O)[O-])C1=O. The molecule has 1 aliphatic rings. The van der Waals surface area contributed by atoms with Gasteiger partial charge in [-0.3, -0.25) is 29.4 Å². The van der Waals surface area contributed by atoms with Gasteiger partial charge in [0.05, 0.1) is 16.4 Å². The normalized spacial score (nSPS) is 14.6. The maximum atomic E-state index is 12.9. The average Bonchev–Trinajstić information content (AvgIpc) is 3.35. The van der Waals surface area contributed by atoms with Crippen LogP contribution in [0.1, 0.15) is 22.4 Å². The van der Waals surface area contributed by atoms with Crippen LogP contribution in [0.25, 0.3) is 6.08 Å². The number of thioether (sulfide) groups is 1. The molecular weight excluding hydrogens is 468 g/mol. The number of nitrogens with one attached hydrogen (secondary N) is 1. The highest BCUT2D eigenvalue weighted by Gasteiger charge is 2.36. The summed E-state index contributed by atoms with van der Waals surface area (Å²) in [6, 6.07) is 15.5. The fourth-order valence-electron chi connectivity index (χ4n) is 3.81. The van der Waals surface area contributed by atoms with Crippen molar-refractivity contribution in [2.45, 2.75) is 20.4 Å². The lowest BCUT2D eigenvalue weighted by molar-refractivity contribution is -0.385. The molecule has 4 rings (SSSR count). The lowest BCUT2D eigenvalue weighted by Gasteiger charge is -2.15. The van der Waals surface area contributed by atoms with E-state index in [9.17, 15) is 24.5 Å². The molecule has 2 heterocycles. The maximum Gasteiger partial charge on any atom is 0.294 e. The van der Waals surface area contributed by atoms with Crippen LogP contribution in [0.3, 0.4) is 0 Å². The van der Waals surface area contributed by atoms with Gasteiger partial charge in [-0.05, 0) is 54.9 Å². The number of hydrogen-bond acceptors (Lipinski definition) is 6. The molecule has 1 aromatic heterocycles. The molecule has 1 aliphatic heterocycles. The number of nitro groups is 1. The Balaban J connectivity index is 1.50. The number of rotatable bonds is 7. The zero-order valence-corrected chi connectivity index (χ0v) is 19.9. The Morgan fingerprint density at radius 1 is 1.06 bits per heavy atom. The van der Waals surface area contributed by atoms with Gasteiger partial charge in [0.15, 0.2) is 0 Å². The predicted octanol–water partition coefficient (Wildman–Crippen LogP) is 4.74. The Morgan fingerprint density at radius 3 is 2.49 bits per heavy atom. The van der Waals surface area contributed by atoms with Gasteiger partial charge in [0, 0.05) is 29.2 Å². The van der Waals surface area contributed by atoms with Gasteiger partial charge < -0.3 is 9.88 Å². The van der Waals surface area contributed by atoms with Crippen LogP contribution >= 0.6 is 11.8 Å². The zero-order valence-electron chi connectivity index (χ0n) is 19.1. The third kappa shape index (κ3) is 5.17. The van der Waals surface area contributed by atoms with Gasteiger partial charge in [0.25, 0.3) is 16.8 Å². The smallest absolute Gasteiger partial charge is 0.294 e. The molecule has 0 spiro atoms. The van der Waals surface area contributed by atoms with Crippen LogP contribution < -0.4 is 5.32 Å². The molecule has 2 aromatic carbocycles.